The first kappa shape index (κ1) is 12.2. The van der Waals surface area contributed by atoms with Gasteiger partial charge in [0.25, 0.3) is 0 Å². The molecule has 0 aliphatic carbocycles. The van der Waals surface area contributed by atoms with Crippen LogP contribution in [0.3, 0.4) is 0 Å². The second-order valence-electron chi connectivity index (χ2n) is 2.40. The number of hydrogen-bond acceptors (Lipinski definition) is 3. The minimum Gasteiger partial charge on any atom is -0.385 e. The molecule has 4 heteroatoms. The van der Waals surface area contributed by atoms with Gasteiger partial charge in [0.05, 0.1) is 13.2 Å². The molecule has 0 bridgehead atoms. The average Bonchev–Trinajstić information content (AvgIpc) is 2.10. The first-order valence-electron chi connectivity index (χ1n) is 4.25. The van der Waals surface area contributed by atoms with Crippen LogP contribution in [0, 0.1) is 0 Å². The Bertz CT molecular complexity index is 73.5. The SMILES string of the molecule is COCCCNCCOCCCl. The largest absolute Gasteiger partial charge is 0.385 e. The minimum atomic E-state index is 0.573. The fraction of sp³-hybridized carbons (Fsp3) is 1.00. The fourth-order valence-electron chi connectivity index (χ4n) is 0.767. The molecule has 0 heterocycles. The molecular weight excluding hydrogens is 178 g/mol. The summed E-state index contributed by atoms with van der Waals surface area (Å²) in [5.41, 5.74) is 0. The van der Waals surface area contributed by atoms with E-state index in [2.05, 4.69) is 5.32 Å². The van der Waals surface area contributed by atoms with E-state index in [0.29, 0.717) is 12.5 Å². The molecule has 74 valence electrons. The maximum atomic E-state index is 5.42. The molecule has 0 saturated heterocycles. The van der Waals surface area contributed by atoms with E-state index >= 15 is 0 Å². The number of rotatable bonds is 9. The summed E-state index contributed by atoms with van der Waals surface area (Å²) in [4.78, 5) is 0. The number of nitrogens with one attached hydrogen (secondary N) is 1. The van der Waals surface area contributed by atoms with Crippen molar-refractivity contribution < 1.29 is 9.47 Å². The lowest BCUT2D eigenvalue weighted by atomic mass is 10.4. The molecule has 1 N–H and O–H groups in total. The van der Waals surface area contributed by atoms with Gasteiger partial charge in [-0.25, -0.2) is 0 Å². The zero-order valence-electron chi connectivity index (χ0n) is 7.64. The smallest absolute Gasteiger partial charge is 0.0602 e. The highest BCUT2D eigenvalue weighted by Crippen LogP contribution is 1.79. The van der Waals surface area contributed by atoms with E-state index in [1.165, 1.54) is 0 Å². The predicted molar refractivity (Wildman–Crippen MR) is 50.9 cm³/mol. The van der Waals surface area contributed by atoms with Gasteiger partial charge < -0.3 is 14.8 Å². The quantitative estimate of drug-likeness (QED) is 0.438. The van der Waals surface area contributed by atoms with Gasteiger partial charge in [-0.3, -0.25) is 0 Å². The Morgan fingerprint density at radius 3 is 2.67 bits per heavy atom. The van der Waals surface area contributed by atoms with Crippen molar-refractivity contribution in [2.24, 2.45) is 0 Å². The van der Waals surface area contributed by atoms with Gasteiger partial charge in [0.15, 0.2) is 0 Å². The Hall–Kier alpha value is 0.170. The third-order valence-electron chi connectivity index (χ3n) is 1.35. The zero-order valence-corrected chi connectivity index (χ0v) is 8.40. The first-order chi connectivity index (χ1) is 5.91. The Morgan fingerprint density at radius 2 is 2.00 bits per heavy atom. The lowest BCUT2D eigenvalue weighted by Crippen LogP contribution is -2.22. The Kier molecular flexibility index (Phi) is 11.3. The molecule has 0 fully saturated rings. The summed E-state index contributed by atoms with van der Waals surface area (Å²) < 4.78 is 10.1. The standard InChI is InChI=1S/C8H18ClNO2/c1-11-6-2-4-10-5-8-12-7-3-9/h10H,2-8H2,1H3. The van der Waals surface area contributed by atoms with Crippen molar-refractivity contribution in [1.29, 1.82) is 0 Å². The van der Waals surface area contributed by atoms with Crippen LogP contribution < -0.4 is 5.32 Å². The lowest BCUT2D eigenvalue weighted by Gasteiger charge is -2.04. The number of ether oxygens (including phenoxy) is 2. The van der Waals surface area contributed by atoms with Crippen molar-refractivity contribution >= 4 is 11.6 Å². The van der Waals surface area contributed by atoms with Crippen molar-refractivity contribution in [3.05, 3.63) is 0 Å². The third-order valence-corrected chi connectivity index (χ3v) is 1.50. The van der Waals surface area contributed by atoms with Gasteiger partial charge >= 0.3 is 0 Å². The monoisotopic (exact) mass is 195 g/mol. The summed E-state index contributed by atoms with van der Waals surface area (Å²) in [5.74, 6) is 0.573. The second-order valence-corrected chi connectivity index (χ2v) is 2.78. The van der Waals surface area contributed by atoms with Gasteiger partial charge in [-0.2, -0.15) is 0 Å². The summed E-state index contributed by atoms with van der Waals surface area (Å²) in [6.45, 7) is 4.06. The van der Waals surface area contributed by atoms with Crippen molar-refractivity contribution in [1.82, 2.24) is 5.32 Å². The fourth-order valence-corrected chi connectivity index (χ4v) is 0.877. The molecule has 3 nitrogen and oxygen atoms in total. The summed E-state index contributed by atoms with van der Waals surface area (Å²) in [5, 5.41) is 3.23. The van der Waals surface area contributed by atoms with Gasteiger partial charge in [-0.05, 0) is 13.0 Å². The molecule has 12 heavy (non-hydrogen) atoms. The Labute approximate surface area is 79.4 Å². The number of hydrogen-bond donors (Lipinski definition) is 1. The summed E-state index contributed by atoms with van der Waals surface area (Å²) in [7, 11) is 1.71. The van der Waals surface area contributed by atoms with Crippen LogP contribution in [-0.2, 0) is 9.47 Å². The Morgan fingerprint density at radius 1 is 1.17 bits per heavy atom. The molecule has 0 radical (unpaired) electrons. The second kappa shape index (κ2) is 11.2. The van der Waals surface area contributed by atoms with E-state index in [1.807, 2.05) is 0 Å². The number of methoxy groups -OCH3 is 1. The molecule has 0 saturated carbocycles. The number of alkyl halides is 1. The van der Waals surface area contributed by atoms with Gasteiger partial charge in [0.2, 0.25) is 0 Å². The molecule has 0 aromatic carbocycles. The summed E-state index contributed by atoms with van der Waals surface area (Å²) >= 11 is 5.42. The van der Waals surface area contributed by atoms with Crippen molar-refractivity contribution in [2.45, 2.75) is 6.42 Å². The van der Waals surface area contributed by atoms with Gasteiger partial charge in [0.1, 0.15) is 0 Å². The summed E-state index contributed by atoms with van der Waals surface area (Å²) in [6.07, 6.45) is 1.05. The van der Waals surface area contributed by atoms with Crippen LogP contribution in [0.1, 0.15) is 6.42 Å². The van der Waals surface area contributed by atoms with Crippen LogP contribution in [0.25, 0.3) is 0 Å². The van der Waals surface area contributed by atoms with E-state index < -0.39 is 0 Å². The molecule has 0 amide bonds. The van der Waals surface area contributed by atoms with Gasteiger partial charge in [-0.1, -0.05) is 0 Å². The van der Waals surface area contributed by atoms with E-state index in [4.69, 9.17) is 21.1 Å². The maximum absolute atomic E-state index is 5.42. The highest BCUT2D eigenvalue weighted by Gasteiger charge is 1.88. The van der Waals surface area contributed by atoms with Crippen molar-refractivity contribution in [2.75, 3.05) is 45.9 Å². The maximum Gasteiger partial charge on any atom is 0.0602 e. The van der Waals surface area contributed by atoms with Gasteiger partial charge in [-0.15, -0.1) is 11.6 Å². The Balaban J connectivity index is 2.73. The van der Waals surface area contributed by atoms with E-state index in [1.54, 1.807) is 7.11 Å². The molecule has 0 aromatic rings. The van der Waals surface area contributed by atoms with Crippen LogP contribution in [0.2, 0.25) is 0 Å². The normalized spacial score (nSPS) is 10.5. The minimum absolute atomic E-state index is 0.573. The molecule has 0 spiro atoms. The van der Waals surface area contributed by atoms with E-state index in [-0.39, 0.29) is 0 Å². The van der Waals surface area contributed by atoms with Crippen LogP contribution in [0.4, 0.5) is 0 Å². The van der Waals surface area contributed by atoms with Crippen molar-refractivity contribution in [3.8, 4) is 0 Å². The molecule has 0 rings (SSSR count). The first-order valence-corrected chi connectivity index (χ1v) is 4.78. The van der Waals surface area contributed by atoms with Crippen LogP contribution in [0.5, 0.6) is 0 Å². The molecule has 0 aliphatic heterocycles. The molecule has 0 unspecified atom stereocenters. The van der Waals surface area contributed by atoms with Crippen LogP contribution in [-0.4, -0.2) is 45.9 Å². The third kappa shape index (κ3) is 10.2. The topological polar surface area (TPSA) is 30.5 Å². The van der Waals surface area contributed by atoms with Crippen LogP contribution in [0.15, 0.2) is 0 Å². The molecule has 0 aliphatic rings. The predicted octanol–water partition coefficient (Wildman–Crippen LogP) is 0.868. The van der Waals surface area contributed by atoms with E-state index in [0.717, 1.165) is 32.7 Å². The lowest BCUT2D eigenvalue weighted by molar-refractivity contribution is 0.149. The van der Waals surface area contributed by atoms with Crippen LogP contribution >= 0.6 is 11.6 Å². The van der Waals surface area contributed by atoms with Crippen molar-refractivity contribution in [3.63, 3.8) is 0 Å². The average molecular weight is 196 g/mol. The van der Waals surface area contributed by atoms with Gasteiger partial charge in [0, 0.05) is 26.1 Å². The van der Waals surface area contributed by atoms with E-state index in [9.17, 15) is 0 Å². The zero-order chi connectivity index (χ0) is 9.07. The molecular formula is C8H18ClNO2. The summed E-state index contributed by atoms with van der Waals surface area (Å²) in [6, 6.07) is 0. The molecule has 0 atom stereocenters. The number of halogens is 1. The highest BCUT2D eigenvalue weighted by molar-refractivity contribution is 6.17. The highest BCUT2D eigenvalue weighted by atomic mass is 35.5. The molecule has 0 aromatic heterocycles.